The van der Waals surface area contributed by atoms with Gasteiger partial charge in [-0.15, -0.1) is 0 Å². The number of rotatable bonds is 2. The van der Waals surface area contributed by atoms with E-state index in [-0.39, 0.29) is 0 Å². The highest BCUT2D eigenvalue weighted by Crippen LogP contribution is 2.21. The summed E-state index contributed by atoms with van der Waals surface area (Å²) in [5.41, 5.74) is 1.71. The average Bonchev–Trinajstić information content (AvgIpc) is 2.80. The van der Waals surface area contributed by atoms with E-state index >= 15 is 0 Å². The molecule has 0 saturated heterocycles. The van der Waals surface area contributed by atoms with Crippen molar-refractivity contribution in [3.05, 3.63) is 35.9 Å². The minimum atomic E-state index is -0.517. The summed E-state index contributed by atoms with van der Waals surface area (Å²) in [5, 5.41) is 15.4. The fourth-order valence-electron chi connectivity index (χ4n) is 1.75. The Morgan fingerprint density at radius 1 is 1.31 bits per heavy atom. The van der Waals surface area contributed by atoms with Crippen molar-refractivity contribution in [1.29, 1.82) is 5.26 Å². The van der Waals surface area contributed by atoms with Gasteiger partial charge in [-0.3, -0.25) is 5.01 Å². The second-order valence-corrected chi connectivity index (χ2v) is 4.46. The van der Waals surface area contributed by atoms with Crippen LogP contribution in [0.3, 0.4) is 0 Å². The van der Waals surface area contributed by atoms with Crippen LogP contribution in [0.2, 0.25) is 0 Å². The minimum absolute atomic E-state index is 0.517. The van der Waals surface area contributed by atoms with Gasteiger partial charge in [0.05, 0.1) is 11.8 Å². The molecule has 1 aliphatic heterocycles. The van der Waals surface area contributed by atoms with E-state index in [2.05, 4.69) is 23.3 Å². The number of nitrogens with zero attached hydrogens (tertiary/aromatic N) is 3. The zero-order valence-corrected chi connectivity index (χ0v) is 9.64. The van der Waals surface area contributed by atoms with Gasteiger partial charge in [0.1, 0.15) is 5.54 Å². The number of hydrogen-bond acceptors (Lipinski definition) is 3. The molecule has 82 valence electrons. The maximum absolute atomic E-state index is 9.05. The van der Waals surface area contributed by atoms with E-state index in [0.717, 1.165) is 24.2 Å². The summed E-state index contributed by atoms with van der Waals surface area (Å²) >= 11 is 0. The van der Waals surface area contributed by atoms with Gasteiger partial charge in [0.25, 0.3) is 0 Å². The minimum Gasteiger partial charge on any atom is -0.277 e. The number of benzene rings is 1. The van der Waals surface area contributed by atoms with Gasteiger partial charge in [-0.1, -0.05) is 30.3 Å². The predicted molar refractivity (Wildman–Crippen MR) is 64.0 cm³/mol. The summed E-state index contributed by atoms with van der Waals surface area (Å²) in [4.78, 5) is 0. The molecule has 1 heterocycles. The van der Waals surface area contributed by atoms with Crippen molar-refractivity contribution in [1.82, 2.24) is 5.01 Å². The third kappa shape index (κ3) is 1.92. The van der Waals surface area contributed by atoms with Crippen LogP contribution in [0, 0.1) is 11.3 Å². The monoisotopic (exact) mass is 213 g/mol. The molecular formula is C13H15N3. The molecule has 1 aromatic rings. The normalized spacial score (nSPS) is 15.8. The van der Waals surface area contributed by atoms with Crippen LogP contribution < -0.4 is 0 Å². The van der Waals surface area contributed by atoms with Crippen LogP contribution in [0.5, 0.6) is 0 Å². The Hall–Kier alpha value is -1.82. The van der Waals surface area contributed by atoms with Crippen LogP contribution in [0.25, 0.3) is 0 Å². The van der Waals surface area contributed by atoms with Crippen LogP contribution in [0.4, 0.5) is 0 Å². The van der Waals surface area contributed by atoms with E-state index in [1.54, 1.807) is 0 Å². The highest BCUT2D eigenvalue weighted by Gasteiger charge is 2.29. The number of nitriles is 1. The molecule has 16 heavy (non-hydrogen) atoms. The fourth-order valence-corrected chi connectivity index (χ4v) is 1.75. The van der Waals surface area contributed by atoms with Crippen molar-refractivity contribution in [2.24, 2.45) is 5.10 Å². The standard InChI is InChI=1S/C13H15N3/c1-13(2,10-14)16-9-8-12(15-16)11-6-4-3-5-7-11/h3-7H,8-9H2,1-2H3. The lowest BCUT2D eigenvalue weighted by Gasteiger charge is -2.26. The maximum atomic E-state index is 9.05. The van der Waals surface area contributed by atoms with Crippen molar-refractivity contribution in [2.75, 3.05) is 6.54 Å². The first kappa shape index (κ1) is 10.7. The van der Waals surface area contributed by atoms with E-state index in [1.807, 2.05) is 37.1 Å². The zero-order valence-electron chi connectivity index (χ0n) is 9.64. The van der Waals surface area contributed by atoms with Crippen molar-refractivity contribution in [2.45, 2.75) is 25.8 Å². The molecule has 0 atom stereocenters. The molecule has 0 aromatic heterocycles. The summed E-state index contributed by atoms with van der Waals surface area (Å²) in [6.07, 6.45) is 0.912. The summed E-state index contributed by atoms with van der Waals surface area (Å²) in [7, 11) is 0. The summed E-state index contributed by atoms with van der Waals surface area (Å²) < 4.78 is 0. The SMILES string of the molecule is CC(C)(C#N)N1CCC(c2ccccc2)=N1. The van der Waals surface area contributed by atoms with Gasteiger partial charge in [-0.2, -0.15) is 10.4 Å². The van der Waals surface area contributed by atoms with Gasteiger partial charge in [-0.05, 0) is 19.4 Å². The second-order valence-electron chi connectivity index (χ2n) is 4.46. The third-order valence-electron chi connectivity index (χ3n) is 2.83. The first-order valence-corrected chi connectivity index (χ1v) is 5.45. The molecular weight excluding hydrogens is 198 g/mol. The summed E-state index contributed by atoms with van der Waals surface area (Å²) in [6.45, 7) is 4.61. The predicted octanol–water partition coefficient (Wildman–Crippen LogP) is 2.40. The highest BCUT2D eigenvalue weighted by atomic mass is 15.5. The Balaban J connectivity index is 2.23. The van der Waals surface area contributed by atoms with Crippen molar-refractivity contribution < 1.29 is 0 Å². The second kappa shape index (κ2) is 3.97. The molecule has 0 aliphatic carbocycles. The lowest BCUT2D eigenvalue weighted by molar-refractivity contribution is 0.195. The van der Waals surface area contributed by atoms with Crippen LogP contribution in [-0.4, -0.2) is 22.8 Å². The average molecular weight is 213 g/mol. The summed E-state index contributed by atoms with van der Waals surface area (Å²) in [5.74, 6) is 0. The molecule has 3 heteroatoms. The van der Waals surface area contributed by atoms with Crippen molar-refractivity contribution in [3.63, 3.8) is 0 Å². The van der Waals surface area contributed by atoms with E-state index < -0.39 is 5.54 Å². The molecule has 0 unspecified atom stereocenters. The van der Waals surface area contributed by atoms with Gasteiger partial charge in [-0.25, -0.2) is 0 Å². The van der Waals surface area contributed by atoms with Crippen LogP contribution in [0.1, 0.15) is 25.8 Å². The van der Waals surface area contributed by atoms with Gasteiger partial charge in [0.15, 0.2) is 0 Å². The Morgan fingerprint density at radius 3 is 2.62 bits per heavy atom. The largest absolute Gasteiger partial charge is 0.277 e. The molecule has 1 aliphatic rings. The topological polar surface area (TPSA) is 39.4 Å². The van der Waals surface area contributed by atoms with E-state index in [9.17, 15) is 0 Å². The van der Waals surface area contributed by atoms with Crippen LogP contribution in [-0.2, 0) is 0 Å². The van der Waals surface area contributed by atoms with Crippen LogP contribution in [0.15, 0.2) is 35.4 Å². The number of hydrazone groups is 1. The van der Waals surface area contributed by atoms with E-state index in [0.29, 0.717) is 0 Å². The fraction of sp³-hybridized carbons (Fsp3) is 0.385. The maximum Gasteiger partial charge on any atom is 0.138 e. The quantitative estimate of drug-likeness (QED) is 0.756. The molecule has 1 aromatic carbocycles. The molecule has 0 bridgehead atoms. The van der Waals surface area contributed by atoms with Crippen LogP contribution >= 0.6 is 0 Å². The Morgan fingerprint density at radius 2 is 2.00 bits per heavy atom. The van der Waals surface area contributed by atoms with E-state index in [4.69, 9.17) is 5.26 Å². The lowest BCUT2D eigenvalue weighted by Crippen LogP contribution is -2.37. The first-order valence-electron chi connectivity index (χ1n) is 5.45. The molecule has 0 saturated carbocycles. The summed E-state index contributed by atoms with van der Waals surface area (Å²) in [6, 6.07) is 12.4. The smallest absolute Gasteiger partial charge is 0.138 e. The zero-order chi connectivity index (χ0) is 11.6. The van der Waals surface area contributed by atoms with E-state index in [1.165, 1.54) is 0 Å². The Kier molecular flexibility index (Phi) is 2.66. The first-order chi connectivity index (χ1) is 7.63. The Bertz CT molecular complexity index is 440. The van der Waals surface area contributed by atoms with Crippen molar-refractivity contribution in [3.8, 4) is 6.07 Å². The molecule has 0 radical (unpaired) electrons. The molecule has 0 spiro atoms. The van der Waals surface area contributed by atoms with Gasteiger partial charge < -0.3 is 0 Å². The lowest BCUT2D eigenvalue weighted by atomic mass is 10.1. The van der Waals surface area contributed by atoms with Gasteiger partial charge in [0.2, 0.25) is 0 Å². The molecule has 3 nitrogen and oxygen atoms in total. The van der Waals surface area contributed by atoms with Gasteiger partial charge in [0, 0.05) is 13.0 Å². The highest BCUT2D eigenvalue weighted by molar-refractivity contribution is 6.01. The van der Waals surface area contributed by atoms with Gasteiger partial charge >= 0.3 is 0 Å². The third-order valence-corrected chi connectivity index (χ3v) is 2.83. The van der Waals surface area contributed by atoms with Crippen molar-refractivity contribution >= 4 is 5.71 Å². The number of hydrogen-bond donors (Lipinski definition) is 0. The molecule has 0 N–H and O–H groups in total. The molecule has 0 amide bonds. The Labute approximate surface area is 96.0 Å². The molecule has 0 fully saturated rings. The molecule has 2 rings (SSSR count).